The van der Waals surface area contributed by atoms with E-state index in [0.29, 0.717) is 12.2 Å². The van der Waals surface area contributed by atoms with Gasteiger partial charge >= 0.3 is 5.97 Å². The highest BCUT2D eigenvalue weighted by Crippen LogP contribution is 2.27. The van der Waals surface area contributed by atoms with Crippen molar-refractivity contribution in [1.82, 2.24) is 0 Å². The van der Waals surface area contributed by atoms with Crippen LogP contribution in [0.15, 0.2) is 18.2 Å². The molecule has 1 amide bonds. The van der Waals surface area contributed by atoms with Crippen molar-refractivity contribution in [1.29, 1.82) is 0 Å². The first kappa shape index (κ1) is 15.3. The first-order valence-electron chi connectivity index (χ1n) is 6.99. The summed E-state index contributed by atoms with van der Waals surface area (Å²) in [6.07, 6.45) is 3.29. The lowest BCUT2D eigenvalue weighted by Gasteiger charge is -2.25. The maximum Gasteiger partial charge on any atom is 0.337 e. The Morgan fingerprint density at radius 1 is 1.38 bits per heavy atom. The zero-order valence-corrected chi connectivity index (χ0v) is 12.0. The Morgan fingerprint density at radius 2 is 2.14 bits per heavy atom. The van der Waals surface area contributed by atoms with E-state index in [9.17, 15) is 14.7 Å². The lowest BCUT2D eigenvalue weighted by atomic mass is 9.85. The van der Waals surface area contributed by atoms with E-state index in [2.05, 4.69) is 5.32 Å². The number of carboxylic acid groups (broad SMARTS) is 1. The fraction of sp³-hybridized carbons (Fsp3) is 0.467. The van der Waals surface area contributed by atoms with E-state index in [-0.39, 0.29) is 29.1 Å². The number of ether oxygens (including phenoxy) is 1. The third kappa shape index (κ3) is 3.72. The average molecular weight is 292 g/mol. The van der Waals surface area contributed by atoms with E-state index in [1.165, 1.54) is 13.2 Å². The van der Waals surface area contributed by atoms with Gasteiger partial charge in [0, 0.05) is 12.0 Å². The lowest BCUT2D eigenvalue weighted by molar-refractivity contribution is -0.120. The van der Waals surface area contributed by atoms with E-state index < -0.39 is 5.97 Å². The molecule has 2 unspecified atom stereocenters. The maximum atomic E-state index is 12.3. The van der Waals surface area contributed by atoms with E-state index >= 15 is 0 Å². The number of hydrogen-bond acceptors (Lipinski definition) is 4. The van der Waals surface area contributed by atoms with Crippen molar-refractivity contribution >= 4 is 17.6 Å². The van der Waals surface area contributed by atoms with Crippen LogP contribution >= 0.6 is 0 Å². The van der Waals surface area contributed by atoms with Gasteiger partial charge in [0.05, 0.1) is 18.4 Å². The molecule has 2 rings (SSSR count). The number of methoxy groups -OCH3 is 1. The summed E-state index contributed by atoms with van der Waals surface area (Å²) in [4.78, 5) is 23.5. The Balaban J connectivity index is 2.14. The van der Waals surface area contributed by atoms with Crippen LogP contribution in [0.1, 0.15) is 36.0 Å². The number of nitrogens with two attached hydrogens (primary N) is 1. The van der Waals surface area contributed by atoms with Gasteiger partial charge in [0.15, 0.2) is 0 Å². The third-order valence-electron chi connectivity index (χ3n) is 3.80. The second-order valence-electron chi connectivity index (χ2n) is 5.33. The van der Waals surface area contributed by atoms with Crippen molar-refractivity contribution in [2.75, 3.05) is 12.4 Å². The quantitative estimate of drug-likeness (QED) is 0.786. The van der Waals surface area contributed by atoms with Crippen molar-refractivity contribution in [2.24, 2.45) is 11.7 Å². The number of rotatable bonds is 4. The number of aromatic carboxylic acids is 1. The Kier molecular flexibility index (Phi) is 4.80. The number of carbonyl (C=O) groups excluding carboxylic acids is 1. The average Bonchev–Trinajstić information content (AvgIpc) is 2.47. The third-order valence-corrected chi connectivity index (χ3v) is 3.80. The smallest absolute Gasteiger partial charge is 0.337 e. The number of anilines is 1. The normalized spacial score (nSPS) is 21.6. The van der Waals surface area contributed by atoms with Crippen LogP contribution in [0, 0.1) is 5.92 Å². The van der Waals surface area contributed by atoms with Crippen LogP contribution < -0.4 is 15.8 Å². The largest absolute Gasteiger partial charge is 0.497 e. The number of nitrogens with one attached hydrogen (secondary N) is 1. The molecule has 0 heterocycles. The molecule has 1 saturated carbocycles. The van der Waals surface area contributed by atoms with Gasteiger partial charge in [-0.15, -0.1) is 0 Å². The van der Waals surface area contributed by atoms with Crippen molar-refractivity contribution in [3.8, 4) is 5.75 Å². The zero-order valence-electron chi connectivity index (χ0n) is 12.0. The van der Waals surface area contributed by atoms with Crippen LogP contribution in [-0.4, -0.2) is 30.1 Å². The Morgan fingerprint density at radius 3 is 2.76 bits per heavy atom. The summed E-state index contributed by atoms with van der Waals surface area (Å²) in [5.74, 6) is -0.995. The number of benzene rings is 1. The molecule has 0 saturated heterocycles. The fourth-order valence-electron chi connectivity index (χ4n) is 2.64. The number of carbonyl (C=O) groups is 2. The summed E-state index contributed by atoms with van der Waals surface area (Å²) in [5, 5.41) is 11.9. The molecule has 6 nitrogen and oxygen atoms in total. The fourth-order valence-corrected chi connectivity index (χ4v) is 2.64. The second-order valence-corrected chi connectivity index (χ2v) is 5.33. The van der Waals surface area contributed by atoms with Crippen molar-refractivity contribution in [3.05, 3.63) is 23.8 Å². The highest BCUT2D eigenvalue weighted by Gasteiger charge is 2.26. The number of hydrogen-bond donors (Lipinski definition) is 3. The van der Waals surface area contributed by atoms with Gasteiger partial charge in [-0.25, -0.2) is 4.79 Å². The van der Waals surface area contributed by atoms with Crippen molar-refractivity contribution < 1.29 is 19.4 Å². The predicted octanol–water partition coefficient (Wildman–Crippen LogP) is 1.85. The van der Waals surface area contributed by atoms with Gasteiger partial charge in [-0.1, -0.05) is 6.42 Å². The zero-order chi connectivity index (χ0) is 15.4. The Labute approximate surface area is 123 Å². The van der Waals surface area contributed by atoms with Crippen LogP contribution in [0.25, 0.3) is 0 Å². The molecular formula is C15H20N2O4. The minimum Gasteiger partial charge on any atom is -0.497 e. The van der Waals surface area contributed by atoms with E-state index in [1.54, 1.807) is 12.1 Å². The monoisotopic (exact) mass is 292 g/mol. The number of carboxylic acids is 1. The molecule has 1 aromatic carbocycles. The Hall–Kier alpha value is -2.08. The minimum atomic E-state index is -1.11. The van der Waals surface area contributed by atoms with Gasteiger partial charge < -0.3 is 20.9 Å². The summed E-state index contributed by atoms with van der Waals surface area (Å²) in [6.45, 7) is 0. The number of amides is 1. The van der Waals surface area contributed by atoms with Crippen molar-refractivity contribution in [3.63, 3.8) is 0 Å². The SMILES string of the molecule is COc1ccc(NC(=O)C2CCCC(N)C2)c(C(=O)O)c1. The van der Waals surface area contributed by atoms with Crippen LogP contribution in [0.4, 0.5) is 5.69 Å². The van der Waals surface area contributed by atoms with Gasteiger partial charge in [-0.2, -0.15) is 0 Å². The molecule has 1 aromatic rings. The summed E-state index contributed by atoms with van der Waals surface area (Å²) < 4.78 is 5.00. The van der Waals surface area contributed by atoms with Crippen molar-refractivity contribution in [2.45, 2.75) is 31.7 Å². The molecule has 1 aliphatic carbocycles. The second kappa shape index (κ2) is 6.58. The molecule has 6 heteroatoms. The van der Waals surface area contributed by atoms with Gasteiger partial charge in [0.25, 0.3) is 0 Å². The first-order valence-corrected chi connectivity index (χ1v) is 6.99. The van der Waals surface area contributed by atoms with Crippen LogP contribution in [0.5, 0.6) is 5.75 Å². The first-order chi connectivity index (χ1) is 10.0. The molecule has 0 spiro atoms. The summed E-state index contributed by atoms with van der Waals surface area (Å²) in [6, 6.07) is 4.60. The summed E-state index contributed by atoms with van der Waals surface area (Å²) >= 11 is 0. The van der Waals surface area contributed by atoms with Gasteiger partial charge in [-0.05, 0) is 37.5 Å². The molecule has 21 heavy (non-hydrogen) atoms. The molecule has 4 N–H and O–H groups in total. The van der Waals surface area contributed by atoms with Crippen LogP contribution in [0.2, 0.25) is 0 Å². The van der Waals surface area contributed by atoms with Crippen LogP contribution in [-0.2, 0) is 4.79 Å². The standard InChI is InChI=1S/C15H20N2O4/c1-21-11-5-6-13(12(8-11)15(19)20)17-14(18)9-3-2-4-10(16)7-9/h5-6,8-10H,2-4,7,16H2,1H3,(H,17,18)(H,19,20). The molecule has 2 atom stereocenters. The van der Waals surface area contributed by atoms with E-state index in [1.807, 2.05) is 0 Å². The van der Waals surface area contributed by atoms with Gasteiger partial charge in [-0.3, -0.25) is 4.79 Å². The van der Waals surface area contributed by atoms with E-state index in [4.69, 9.17) is 10.5 Å². The minimum absolute atomic E-state index is 0.0165. The molecular weight excluding hydrogens is 272 g/mol. The van der Waals surface area contributed by atoms with Crippen LogP contribution in [0.3, 0.4) is 0 Å². The lowest BCUT2D eigenvalue weighted by Crippen LogP contribution is -2.34. The molecule has 0 radical (unpaired) electrons. The topological polar surface area (TPSA) is 102 Å². The highest BCUT2D eigenvalue weighted by molar-refractivity contribution is 6.01. The highest BCUT2D eigenvalue weighted by atomic mass is 16.5. The molecule has 114 valence electrons. The predicted molar refractivity (Wildman–Crippen MR) is 78.5 cm³/mol. The van der Waals surface area contributed by atoms with E-state index in [0.717, 1.165) is 19.3 Å². The Bertz CT molecular complexity index is 544. The summed E-state index contributed by atoms with van der Waals surface area (Å²) in [5.41, 5.74) is 6.18. The molecule has 0 aromatic heterocycles. The molecule has 1 fully saturated rings. The molecule has 1 aliphatic rings. The summed E-state index contributed by atoms with van der Waals surface area (Å²) in [7, 11) is 1.46. The maximum absolute atomic E-state index is 12.3. The van der Waals surface area contributed by atoms with Gasteiger partial charge in [0.2, 0.25) is 5.91 Å². The molecule has 0 aliphatic heterocycles. The van der Waals surface area contributed by atoms with Gasteiger partial charge in [0.1, 0.15) is 5.75 Å². The molecule has 0 bridgehead atoms.